The first-order chi connectivity index (χ1) is 7.38. The van der Waals surface area contributed by atoms with Gasteiger partial charge in [0, 0.05) is 30.4 Å². The molecule has 3 heteroatoms. The Morgan fingerprint density at radius 1 is 1.13 bits per heavy atom. The molecule has 0 spiro atoms. The zero-order chi connectivity index (χ0) is 10.5. The summed E-state index contributed by atoms with van der Waals surface area (Å²) < 4.78 is 0. The van der Waals surface area contributed by atoms with E-state index in [9.17, 15) is 4.79 Å². The van der Waals surface area contributed by atoms with Crippen LogP contribution in [0.5, 0.6) is 0 Å². The van der Waals surface area contributed by atoms with Crippen molar-refractivity contribution in [3.05, 3.63) is 60.6 Å². The highest BCUT2D eigenvalue weighted by atomic mass is 16.2. The van der Waals surface area contributed by atoms with E-state index in [1.165, 1.54) is 4.90 Å². The molecule has 0 saturated heterocycles. The predicted octanol–water partition coefficient (Wildman–Crippen LogP) is 2.20. The van der Waals surface area contributed by atoms with Crippen molar-refractivity contribution >= 4 is 12.1 Å². The molecule has 15 heavy (non-hydrogen) atoms. The van der Waals surface area contributed by atoms with Crippen LogP contribution in [-0.4, -0.2) is 17.0 Å². The Hall–Kier alpha value is -2.16. The summed E-state index contributed by atoms with van der Waals surface area (Å²) >= 11 is 0. The summed E-state index contributed by atoms with van der Waals surface area (Å²) in [5.74, 6) is -0.0615. The fourth-order valence-corrected chi connectivity index (χ4v) is 1.26. The smallest absolute Gasteiger partial charge is 0.261 e. The summed E-state index contributed by atoms with van der Waals surface area (Å²) in [6, 6.07) is 9.14. The summed E-state index contributed by atoms with van der Waals surface area (Å²) in [7, 11) is 0. The molecule has 0 radical (unpaired) electrons. The van der Waals surface area contributed by atoms with Gasteiger partial charge in [0.15, 0.2) is 0 Å². The van der Waals surface area contributed by atoms with Crippen molar-refractivity contribution in [2.45, 2.75) is 0 Å². The number of nitrogens with zero attached hydrogens (tertiary/aromatic N) is 2. The Kier molecular flexibility index (Phi) is 2.74. The number of amides is 1. The summed E-state index contributed by atoms with van der Waals surface area (Å²) in [6.45, 7) is 0. The second-order valence-corrected chi connectivity index (χ2v) is 3.02. The highest BCUT2D eigenvalue weighted by Gasteiger charge is 2.10. The van der Waals surface area contributed by atoms with Crippen molar-refractivity contribution in [2.24, 2.45) is 4.99 Å². The van der Waals surface area contributed by atoms with Gasteiger partial charge in [-0.25, -0.2) is 0 Å². The molecule has 0 fully saturated rings. The molecular weight excluding hydrogens is 188 g/mol. The fourth-order valence-electron chi connectivity index (χ4n) is 1.26. The Bertz CT molecular complexity index is 416. The maximum absolute atomic E-state index is 11.9. The van der Waals surface area contributed by atoms with Crippen molar-refractivity contribution < 1.29 is 4.79 Å². The van der Waals surface area contributed by atoms with Gasteiger partial charge in [-0.15, -0.1) is 0 Å². The minimum absolute atomic E-state index is 0.0615. The third-order valence-corrected chi connectivity index (χ3v) is 1.99. The van der Waals surface area contributed by atoms with Gasteiger partial charge in [0.2, 0.25) is 0 Å². The summed E-state index contributed by atoms with van der Waals surface area (Å²) in [5, 5.41) is 0. The van der Waals surface area contributed by atoms with Gasteiger partial charge < -0.3 is 0 Å². The second-order valence-electron chi connectivity index (χ2n) is 3.02. The molecule has 1 amide bonds. The van der Waals surface area contributed by atoms with Crippen LogP contribution in [0.2, 0.25) is 0 Å². The molecule has 1 heterocycles. The van der Waals surface area contributed by atoms with Crippen molar-refractivity contribution in [1.29, 1.82) is 0 Å². The molecule has 0 atom stereocenters. The molecular formula is C12H10N2O. The number of carbonyl (C=O) groups excluding carboxylic acids is 1. The number of hydrogen-bond donors (Lipinski definition) is 0. The summed E-state index contributed by atoms with van der Waals surface area (Å²) in [5.41, 5.74) is 0.661. The largest absolute Gasteiger partial charge is 0.289 e. The molecule has 1 aliphatic heterocycles. The molecule has 1 aromatic carbocycles. The summed E-state index contributed by atoms with van der Waals surface area (Å²) in [6.07, 6.45) is 8.26. The van der Waals surface area contributed by atoms with E-state index in [-0.39, 0.29) is 5.91 Å². The number of benzene rings is 1. The standard InChI is InChI=1S/C12H10N2O/c15-12(11-5-2-1-3-6-11)14-9-4-7-13-8-10-14/h1-10H. The number of carbonyl (C=O) groups is 1. The Balaban J connectivity index is 2.22. The fraction of sp³-hybridized carbons (Fsp3) is 0. The molecule has 0 N–H and O–H groups in total. The van der Waals surface area contributed by atoms with Crippen molar-refractivity contribution in [3.63, 3.8) is 0 Å². The molecule has 0 aliphatic carbocycles. The van der Waals surface area contributed by atoms with E-state index in [0.717, 1.165) is 0 Å². The zero-order valence-electron chi connectivity index (χ0n) is 8.08. The Morgan fingerprint density at radius 3 is 2.73 bits per heavy atom. The quantitative estimate of drug-likeness (QED) is 0.680. The zero-order valence-corrected chi connectivity index (χ0v) is 8.08. The maximum Gasteiger partial charge on any atom is 0.261 e. The molecule has 3 nitrogen and oxygen atoms in total. The van der Waals surface area contributed by atoms with Gasteiger partial charge in [-0.2, -0.15) is 0 Å². The monoisotopic (exact) mass is 198 g/mol. The van der Waals surface area contributed by atoms with Crippen LogP contribution in [0, 0.1) is 0 Å². The average molecular weight is 198 g/mol. The van der Waals surface area contributed by atoms with Gasteiger partial charge in [-0.3, -0.25) is 14.7 Å². The topological polar surface area (TPSA) is 32.7 Å². The van der Waals surface area contributed by atoms with Crippen LogP contribution < -0.4 is 0 Å². The lowest BCUT2D eigenvalue weighted by molar-refractivity contribution is 0.0869. The van der Waals surface area contributed by atoms with Crippen LogP contribution in [0.3, 0.4) is 0 Å². The second kappa shape index (κ2) is 4.37. The number of aliphatic imine (C=N–C) groups is 1. The molecule has 0 unspecified atom stereocenters. The first-order valence-electron chi connectivity index (χ1n) is 4.62. The van der Waals surface area contributed by atoms with Gasteiger partial charge in [-0.05, 0) is 18.2 Å². The van der Waals surface area contributed by atoms with Crippen LogP contribution >= 0.6 is 0 Å². The Labute approximate surface area is 88.1 Å². The Morgan fingerprint density at radius 2 is 1.93 bits per heavy atom. The van der Waals surface area contributed by atoms with Gasteiger partial charge in [-0.1, -0.05) is 18.2 Å². The average Bonchev–Trinajstić information content (AvgIpc) is 2.58. The van der Waals surface area contributed by atoms with Gasteiger partial charge in [0.05, 0.1) is 0 Å². The number of rotatable bonds is 1. The summed E-state index contributed by atoms with van der Waals surface area (Å²) in [4.78, 5) is 17.3. The molecule has 0 saturated carbocycles. The predicted molar refractivity (Wildman–Crippen MR) is 59.4 cm³/mol. The third-order valence-electron chi connectivity index (χ3n) is 1.99. The van der Waals surface area contributed by atoms with E-state index in [1.54, 1.807) is 43.0 Å². The molecule has 1 aliphatic rings. The minimum Gasteiger partial charge on any atom is -0.289 e. The van der Waals surface area contributed by atoms with Crippen LogP contribution in [0.4, 0.5) is 0 Å². The lowest BCUT2D eigenvalue weighted by Gasteiger charge is -2.11. The van der Waals surface area contributed by atoms with E-state index < -0.39 is 0 Å². The van der Waals surface area contributed by atoms with Crippen molar-refractivity contribution in [2.75, 3.05) is 0 Å². The minimum atomic E-state index is -0.0615. The molecule has 1 aromatic rings. The van der Waals surface area contributed by atoms with E-state index in [4.69, 9.17) is 0 Å². The van der Waals surface area contributed by atoms with Crippen LogP contribution in [0.15, 0.2) is 60.0 Å². The highest BCUT2D eigenvalue weighted by Crippen LogP contribution is 2.06. The van der Waals surface area contributed by atoms with Gasteiger partial charge >= 0.3 is 0 Å². The molecule has 0 aromatic heterocycles. The first kappa shape index (κ1) is 9.40. The third kappa shape index (κ3) is 2.20. The number of hydrogen-bond acceptors (Lipinski definition) is 2. The lowest BCUT2D eigenvalue weighted by atomic mass is 10.2. The number of allylic oxidation sites excluding steroid dienone is 1. The van der Waals surface area contributed by atoms with Crippen molar-refractivity contribution in [3.8, 4) is 0 Å². The van der Waals surface area contributed by atoms with Crippen LogP contribution in [0.25, 0.3) is 0 Å². The SMILES string of the molecule is O=C(c1ccccc1)N1C=CC=NC=C1. The normalized spacial score (nSPS) is 14.0. The molecule has 2 rings (SSSR count). The molecule has 0 bridgehead atoms. The highest BCUT2D eigenvalue weighted by molar-refractivity contribution is 5.96. The van der Waals surface area contributed by atoms with E-state index >= 15 is 0 Å². The van der Waals surface area contributed by atoms with E-state index in [2.05, 4.69) is 4.99 Å². The first-order valence-corrected chi connectivity index (χ1v) is 4.62. The van der Waals surface area contributed by atoms with Gasteiger partial charge in [0.25, 0.3) is 5.91 Å². The van der Waals surface area contributed by atoms with Crippen LogP contribution in [-0.2, 0) is 0 Å². The van der Waals surface area contributed by atoms with Crippen LogP contribution in [0.1, 0.15) is 10.4 Å². The van der Waals surface area contributed by atoms with Gasteiger partial charge in [0.1, 0.15) is 0 Å². The lowest BCUT2D eigenvalue weighted by Crippen LogP contribution is -2.19. The molecule has 74 valence electrons. The van der Waals surface area contributed by atoms with E-state index in [1.807, 2.05) is 18.2 Å². The van der Waals surface area contributed by atoms with E-state index in [0.29, 0.717) is 5.56 Å². The maximum atomic E-state index is 11.9. The van der Waals surface area contributed by atoms with Crippen molar-refractivity contribution in [1.82, 2.24) is 4.90 Å².